The van der Waals surface area contributed by atoms with E-state index in [2.05, 4.69) is 61.4 Å². The lowest BCUT2D eigenvalue weighted by molar-refractivity contribution is 0.350. The monoisotopic (exact) mass is 213 g/mol. The van der Waals surface area contributed by atoms with Crippen molar-refractivity contribution in [2.24, 2.45) is 0 Å². The van der Waals surface area contributed by atoms with Gasteiger partial charge in [-0.05, 0) is 31.5 Å². The van der Waals surface area contributed by atoms with Crippen LogP contribution in [0, 0.1) is 0 Å². The van der Waals surface area contributed by atoms with Gasteiger partial charge in [-0.1, -0.05) is 48.1 Å². The third-order valence-electron chi connectivity index (χ3n) is 3.09. The first-order valence-corrected chi connectivity index (χ1v) is 5.86. The van der Waals surface area contributed by atoms with Crippen molar-refractivity contribution in [3.63, 3.8) is 0 Å². The SMILES string of the molecule is CC1=C(/C=C\c2ccccc2)CCN(C)C1. The van der Waals surface area contributed by atoms with Gasteiger partial charge in [0.25, 0.3) is 0 Å². The fourth-order valence-electron chi connectivity index (χ4n) is 2.10. The number of likely N-dealkylation sites (N-methyl/N-ethyl adjacent to an activating group) is 1. The number of rotatable bonds is 2. The van der Waals surface area contributed by atoms with E-state index in [1.54, 1.807) is 0 Å². The average Bonchev–Trinajstić information content (AvgIpc) is 2.29. The Morgan fingerprint density at radius 2 is 1.88 bits per heavy atom. The van der Waals surface area contributed by atoms with E-state index in [9.17, 15) is 0 Å². The van der Waals surface area contributed by atoms with Crippen LogP contribution in [0.4, 0.5) is 0 Å². The van der Waals surface area contributed by atoms with Crippen molar-refractivity contribution in [3.8, 4) is 0 Å². The highest BCUT2D eigenvalue weighted by molar-refractivity contribution is 5.53. The second-order valence-electron chi connectivity index (χ2n) is 4.54. The summed E-state index contributed by atoms with van der Waals surface area (Å²) in [5, 5.41) is 0. The molecular weight excluding hydrogens is 194 g/mol. The van der Waals surface area contributed by atoms with Crippen LogP contribution in [0.1, 0.15) is 18.9 Å². The van der Waals surface area contributed by atoms with E-state index in [0.29, 0.717) is 0 Å². The summed E-state index contributed by atoms with van der Waals surface area (Å²) >= 11 is 0. The quantitative estimate of drug-likeness (QED) is 0.728. The minimum atomic E-state index is 1.11. The maximum Gasteiger partial charge on any atom is 0.0193 e. The first-order chi connectivity index (χ1) is 7.75. The molecule has 0 saturated heterocycles. The molecule has 0 spiro atoms. The van der Waals surface area contributed by atoms with Crippen molar-refractivity contribution in [2.75, 3.05) is 20.1 Å². The molecule has 1 nitrogen and oxygen atoms in total. The molecule has 0 saturated carbocycles. The van der Waals surface area contributed by atoms with Crippen LogP contribution in [0.5, 0.6) is 0 Å². The van der Waals surface area contributed by atoms with Crippen molar-refractivity contribution in [1.82, 2.24) is 4.90 Å². The molecule has 0 fully saturated rings. The summed E-state index contributed by atoms with van der Waals surface area (Å²) in [4.78, 5) is 2.37. The maximum absolute atomic E-state index is 2.37. The molecule has 0 aromatic heterocycles. The first-order valence-electron chi connectivity index (χ1n) is 5.86. The van der Waals surface area contributed by atoms with Crippen LogP contribution in [0.25, 0.3) is 6.08 Å². The molecule has 0 bridgehead atoms. The average molecular weight is 213 g/mol. The van der Waals surface area contributed by atoms with Crippen molar-refractivity contribution < 1.29 is 0 Å². The van der Waals surface area contributed by atoms with E-state index in [1.165, 1.54) is 29.7 Å². The Balaban J connectivity index is 2.10. The van der Waals surface area contributed by atoms with Crippen molar-refractivity contribution >= 4 is 6.08 Å². The lowest BCUT2D eigenvalue weighted by atomic mass is 10.0. The number of nitrogens with zero attached hydrogens (tertiary/aromatic N) is 1. The Hall–Kier alpha value is -1.34. The van der Waals surface area contributed by atoms with E-state index in [4.69, 9.17) is 0 Å². The Morgan fingerprint density at radius 1 is 1.12 bits per heavy atom. The second-order valence-corrected chi connectivity index (χ2v) is 4.54. The van der Waals surface area contributed by atoms with E-state index >= 15 is 0 Å². The summed E-state index contributed by atoms with van der Waals surface area (Å²) in [6.07, 6.45) is 5.66. The predicted octanol–water partition coefficient (Wildman–Crippen LogP) is 3.35. The molecule has 0 N–H and O–H groups in total. The summed E-state index contributed by atoms with van der Waals surface area (Å²) in [6, 6.07) is 10.5. The van der Waals surface area contributed by atoms with Gasteiger partial charge in [0, 0.05) is 13.1 Å². The van der Waals surface area contributed by atoms with Crippen LogP contribution in [0.3, 0.4) is 0 Å². The zero-order valence-electron chi connectivity index (χ0n) is 10.1. The molecule has 2 rings (SSSR count). The fourth-order valence-corrected chi connectivity index (χ4v) is 2.10. The number of benzene rings is 1. The van der Waals surface area contributed by atoms with Gasteiger partial charge in [-0.2, -0.15) is 0 Å². The summed E-state index contributed by atoms with van der Waals surface area (Å²) in [7, 11) is 2.18. The zero-order chi connectivity index (χ0) is 11.4. The standard InChI is InChI=1S/C15H19N/c1-13-12-16(2)11-10-15(13)9-8-14-6-4-3-5-7-14/h3-9H,10-12H2,1-2H3/b9-8-. The van der Waals surface area contributed by atoms with Crippen LogP contribution in [-0.2, 0) is 0 Å². The maximum atomic E-state index is 2.37. The molecule has 16 heavy (non-hydrogen) atoms. The highest BCUT2D eigenvalue weighted by Gasteiger charge is 2.10. The Bertz CT molecular complexity index is 401. The van der Waals surface area contributed by atoms with Gasteiger partial charge in [-0.3, -0.25) is 0 Å². The van der Waals surface area contributed by atoms with Gasteiger partial charge in [-0.25, -0.2) is 0 Å². The predicted molar refractivity (Wildman–Crippen MR) is 70.3 cm³/mol. The largest absolute Gasteiger partial charge is 0.302 e. The molecule has 0 unspecified atom stereocenters. The Kier molecular flexibility index (Phi) is 3.58. The van der Waals surface area contributed by atoms with Crippen LogP contribution in [-0.4, -0.2) is 25.0 Å². The van der Waals surface area contributed by atoms with E-state index in [1.807, 2.05) is 0 Å². The normalized spacial score (nSPS) is 18.4. The lowest BCUT2D eigenvalue weighted by Crippen LogP contribution is -2.26. The fraction of sp³-hybridized carbons (Fsp3) is 0.333. The Labute approximate surface area is 98.1 Å². The van der Waals surface area contributed by atoms with E-state index in [0.717, 1.165) is 6.54 Å². The van der Waals surface area contributed by atoms with Gasteiger partial charge in [0.05, 0.1) is 0 Å². The van der Waals surface area contributed by atoms with Gasteiger partial charge >= 0.3 is 0 Å². The second kappa shape index (κ2) is 5.13. The highest BCUT2D eigenvalue weighted by atomic mass is 15.1. The molecule has 84 valence electrons. The zero-order valence-corrected chi connectivity index (χ0v) is 10.1. The lowest BCUT2D eigenvalue weighted by Gasteiger charge is -2.24. The van der Waals surface area contributed by atoms with Gasteiger partial charge in [0.2, 0.25) is 0 Å². The third-order valence-corrected chi connectivity index (χ3v) is 3.09. The third kappa shape index (κ3) is 2.83. The molecule has 0 aliphatic carbocycles. The molecule has 1 aromatic rings. The molecular formula is C15H19N. The van der Waals surface area contributed by atoms with Gasteiger partial charge < -0.3 is 4.90 Å². The number of allylic oxidation sites excluding steroid dienone is 1. The van der Waals surface area contributed by atoms with Crippen molar-refractivity contribution in [3.05, 3.63) is 53.1 Å². The van der Waals surface area contributed by atoms with E-state index in [-0.39, 0.29) is 0 Å². The molecule has 1 aliphatic rings. The van der Waals surface area contributed by atoms with Gasteiger partial charge in [0.15, 0.2) is 0 Å². The molecule has 0 radical (unpaired) electrons. The molecule has 0 amide bonds. The smallest absolute Gasteiger partial charge is 0.0193 e. The van der Waals surface area contributed by atoms with Crippen LogP contribution < -0.4 is 0 Å². The van der Waals surface area contributed by atoms with Gasteiger partial charge in [-0.15, -0.1) is 0 Å². The molecule has 0 atom stereocenters. The summed E-state index contributed by atoms with van der Waals surface area (Å²) in [5.41, 5.74) is 4.28. The van der Waals surface area contributed by atoms with Crippen molar-refractivity contribution in [2.45, 2.75) is 13.3 Å². The van der Waals surface area contributed by atoms with Crippen LogP contribution in [0.15, 0.2) is 47.6 Å². The highest BCUT2D eigenvalue weighted by Crippen LogP contribution is 2.18. The van der Waals surface area contributed by atoms with Gasteiger partial charge in [0.1, 0.15) is 0 Å². The van der Waals surface area contributed by atoms with Crippen molar-refractivity contribution in [1.29, 1.82) is 0 Å². The number of hydrogen-bond acceptors (Lipinski definition) is 1. The molecule has 1 aliphatic heterocycles. The summed E-state index contributed by atoms with van der Waals surface area (Å²) < 4.78 is 0. The number of hydrogen-bond donors (Lipinski definition) is 0. The molecule has 1 heteroatoms. The van der Waals surface area contributed by atoms with E-state index < -0.39 is 0 Å². The first kappa shape index (κ1) is 11.2. The van der Waals surface area contributed by atoms with Crippen LogP contribution in [0.2, 0.25) is 0 Å². The summed E-state index contributed by atoms with van der Waals surface area (Å²) in [6.45, 7) is 4.51. The van der Waals surface area contributed by atoms with Crippen LogP contribution >= 0.6 is 0 Å². The summed E-state index contributed by atoms with van der Waals surface area (Å²) in [5.74, 6) is 0. The minimum Gasteiger partial charge on any atom is -0.302 e. The molecule has 1 aromatic carbocycles. The minimum absolute atomic E-state index is 1.11. The topological polar surface area (TPSA) is 3.24 Å². The molecule has 1 heterocycles. The Morgan fingerprint density at radius 3 is 2.56 bits per heavy atom.